The molecule has 1 aromatic heterocycles. The van der Waals surface area contributed by atoms with Gasteiger partial charge in [0.25, 0.3) is 5.91 Å². The molecule has 2 aromatic rings. The smallest absolute Gasteiger partial charge is 0.276 e. The summed E-state index contributed by atoms with van der Waals surface area (Å²) in [5.41, 5.74) is -0.901. The van der Waals surface area contributed by atoms with Gasteiger partial charge in [-0.05, 0) is 12.1 Å². The Bertz CT molecular complexity index is 1050. The largest absolute Gasteiger partial charge is 0.488 e. The highest BCUT2D eigenvalue weighted by molar-refractivity contribution is 7.89. The number of benzene rings is 1. The average molecular weight is 399 g/mol. The van der Waals surface area contributed by atoms with Crippen LogP contribution in [0.3, 0.4) is 0 Å². The average Bonchev–Trinajstić information content (AvgIpc) is 2.85. The van der Waals surface area contributed by atoms with Crippen molar-refractivity contribution in [3.8, 4) is 5.75 Å². The molecule has 2 aliphatic rings. The van der Waals surface area contributed by atoms with Gasteiger partial charge < -0.3 is 19.4 Å². The Labute approximate surface area is 153 Å². The number of sulfonamides is 1. The standard InChI is InChI=1S/C16H15F2N3O5S/c1-21-5-12-14(26-8-16(6-25-7-16)20-27(12,23)24)13(21)15(22)19-9-2-3-10(17)11(18)4-9/h2-5,20H,6-8H2,1H3,(H,19,22). The fourth-order valence-electron chi connectivity index (χ4n) is 3.00. The molecule has 3 heterocycles. The van der Waals surface area contributed by atoms with Crippen LogP contribution in [0.5, 0.6) is 5.75 Å². The van der Waals surface area contributed by atoms with Gasteiger partial charge in [-0.25, -0.2) is 17.2 Å². The van der Waals surface area contributed by atoms with Gasteiger partial charge >= 0.3 is 0 Å². The number of carbonyl (C=O) groups excluding carboxylic acids is 1. The molecule has 27 heavy (non-hydrogen) atoms. The van der Waals surface area contributed by atoms with Crippen molar-refractivity contribution in [3.63, 3.8) is 0 Å². The predicted molar refractivity (Wildman–Crippen MR) is 89.1 cm³/mol. The predicted octanol–water partition coefficient (Wildman–Crippen LogP) is 0.995. The van der Waals surface area contributed by atoms with E-state index < -0.39 is 33.1 Å². The van der Waals surface area contributed by atoms with E-state index in [-0.39, 0.29) is 41.8 Å². The summed E-state index contributed by atoms with van der Waals surface area (Å²) in [4.78, 5) is 12.5. The highest BCUT2D eigenvalue weighted by Crippen LogP contribution is 2.36. The number of rotatable bonds is 2. The van der Waals surface area contributed by atoms with Crippen molar-refractivity contribution in [2.45, 2.75) is 10.4 Å². The minimum absolute atomic E-state index is 0.00526. The van der Waals surface area contributed by atoms with Crippen molar-refractivity contribution >= 4 is 21.6 Å². The maximum atomic E-state index is 13.4. The summed E-state index contributed by atoms with van der Waals surface area (Å²) < 4.78 is 66.3. The van der Waals surface area contributed by atoms with Crippen LogP contribution in [0.15, 0.2) is 29.3 Å². The Morgan fingerprint density at radius 1 is 1.26 bits per heavy atom. The van der Waals surface area contributed by atoms with Gasteiger partial charge in [0.2, 0.25) is 10.0 Å². The van der Waals surface area contributed by atoms with E-state index in [0.29, 0.717) is 0 Å². The molecule has 8 nitrogen and oxygen atoms in total. The quantitative estimate of drug-likeness (QED) is 0.785. The molecule has 0 radical (unpaired) electrons. The molecule has 4 rings (SSSR count). The molecule has 0 atom stereocenters. The number of fused-ring (bicyclic) bond motifs is 1. The highest BCUT2D eigenvalue weighted by Gasteiger charge is 2.47. The van der Waals surface area contributed by atoms with E-state index in [1.165, 1.54) is 23.9 Å². The zero-order valence-corrected chi connectivity index (χ0v) is 14.9. The van der Waals surface area contributed by atoms with Crippen LogP contribution in [0.4, 0.5) is 14.5 Å². The molecule has 0 unspecified atom stereocenters. The van der Waals surface area contributed by atoms with E-state index in [4.69, 9.17) is 9.47 Å². The molecule has 2 aliphatic heterocycles. The van der Waals surface area contributed by atoms with Crippen LogP contribution in [0.25, 0.3) is 0 Å². The zero-order valence-electron chi connectivity index (χ0n) is 14.1. The van der Waals surface area contributed by atoms with Crippen molar-refractivity contribution in [2.75, 3.05) is 25.1 Å². The molecule has 0 saturated carbocycles. The highest BCUT2D eigenvalue weighted by atomic mass is 32.2. The minimum Gasteiger partial charge on any atom is -0.488 e. The molecule has 0 bridgehead atoms. The number of anilines is 1. The maximum Gasteiger partial charge on any atom is 0.276 e. The van der Waals surface area contributed by atoms with Gasteiger partial charge in [-0.3, -0.25) is 4.79 Å². The molecule has 1 saturated heterocycles. The molecule has 0 aliphatic carbocycles. The number of amides is 1. The van der Waals surface area contributed by atoms with Crippen LogP contribution < -0.4 is 14.8 Å². The maximum absolute atomic E-state index is 13.4. The van der Waals surface area contributed by atoms with E-state index >= 15 is 0 Å². The van der Waals surface area contributed by atoms with Gasteiger partial charge in [-0.1, -0.05) is 0 Å². The Hall–Kier alpha value is -2.50. The van der Waals surface area contributed by atoms with Crippen LogP contribution in [0.1, 0.15) is 10.5 Å². The third-order valence-electron chi connectivity index (χ3n) is 4.38. The molecular weight excluding hydrogens is 384 g/mol. The molecule has 1 amide bonds. The summed E-state index contributed by atoms with van der Waals surface area (Å²) in [7, 11) is -2.45. The molecule has 2 N–H and O–H groups in total. The molecule has 1 spiro atoms. The number of halogens is 2. The second kappa shape index (κ2) is 6.01. The summed E-state index contributed by atoms with van der Waals surface area (Å²) in [5.74, 6) is -2.99. The fraction of sp³-hybridized carbons (Fsp3) is 0.312. The van der Waals surface area contributed by atoms with Gasteiger partial charge in [-0.2, -0.15) is 4.72 Å². The number of aromatic nitrogens is 1. The number of nitrogens with zero attached hydrogens (tertiary/aromatic N) is 1. The summed E-state index contributed by atoms with van der Waals surface area (Å²) in [6.07, 6.45) is 1.26. The summed E-state index contributed by atoms with van der Waals surface area (Å²) >= 11 is 0. The number of hydrogen-bond acceptors (Lipinski definition) is 5. The lowest BCUT2D eigenvalue weighted by Gasteiger charge is -2.39. The third kappa shape index (κ3) is 2.97. The van der Waals surface area contributed by atoms with Gasteiger partial charge in [0.15, 0.2) is 23.1 Å². The van der Waals surface area contributed by atoms with Crippen LogP contribution in [0, 0.1) is 11.6 Å². The van der Waals surface area contributed by atoms with Crippen molar-refractivity contribution in [2.24, 2.45) is 7.05 Å². The van der Waals surface area contributed by atoms with E-state index in [9.17, 15) is 22.0 Å². The van der Waals surface area contributed by atoms with Gasteiger partial charge in [0.05, 0.1) is 13.2 Å². The Balaban J connectivity index is 1.69. The number of carbonyl (C=O) groups is 1. The lowest BCUT2D eigenvalue weighted by Crippen LogP contribution is -2.64. The van der Waals surface area contributed by atoms with Crippen molar-refractivity contribution in [3.05, 3.63) is 41.7 Å². The van der Waals surface area contributed by atoms with Crippen LogP contribution in [0.2, 0.25) is 0 Å². The van der Waals surface area contributed by atoms with Crippen LogP contribution in [-0.4, -0.2) is 44.3 Å². The van der Waals surface area contributed by atoms with Crippen molar-refractivity contribution < 1.29 is 31.5 Å². The fourth-order valence-corrected chi connectivity index (χ4v) is 4.56. The Kier molecular flexibility index (Phi) is 3.98. The molecule has 1 fully saturated rings. The first-order valence-electron chi connectivity index (χ1n) is 7.91. The lowest BCUT2D eigenvalue weighted by atomic mass is 10.0. The second-order valence-corrected chi connectivity index (χ2v) is 8.18. The van der Waals surface area contributed by atoms with E-state index in [0.717, 1.165) is 12.1 Å². The molecule has 1 aromatic carbocycles. The second-order valence-electron chi connectivity index (χ2n) is 6.53. The van der Waals surface area contributed by atoms with Gasteiger partial charge in [0.1, 0.15) is 17.0 Å². The first-order valence-corrected chi connectivity index (χ1v) is 9.39. The summed E-state index contributed by atoms with van der Waals surface area (Å²) in [6.45, 7) is 0.326. The summed E-state index contributed by atoms with van der Waals surface area (Å²) in [5, 5.41) is 2.41. The number of hydrogen-bond donors (Lipinski definition) is 2. The molecule has 144 valence electrons. The van der Waals surface area contributed by atoms with Crippen molar-refractivity contribution in [1.29, 1.82) is 0 Å². The van der Waals surface area contributed by atoms with Crippen LogP contribution >= 0.6 is 0 Å². The third-order valence-corrected chi connectivity index (χ3v) is 5.96. The van der Waals surface area contributed by atoms with E-state index in [1.807, 2.05) is 0 Å². The first kappa shape index (κ1) is 17.9. The Morgan fingerprint density at radius 3 is 2.63 bits per heavy atom. The first-order chi connectivity index (χ1) is 12.7. The molecular formula is C16H15F2N3O5S. The van der Waals surface area contributed by atoms with Crippen LogP contribution in [-0.2, 0) is 21.8 Å². The van der Waals surface area contributed by atoms with Gasteiger partial charge in [0, 0.05) is 25.0 Å². The summed E-state index contributed by atoms with van der Waals surface area (Å²) in [6, 6.07) is 2.90. The number of aryl methyl sites for hydroxylation is 1. The SMILES string of the molecule is Cn1cc2c(c1C(=O)Nc1ccc(F)c(F)c1)OCC1(COC1)NS2(=O)=O. The number of nitrogens with one attached hydrogen (secondary N) is 2. The van der Waals surface area contributed by atoms with Gasteiger partial charge in [-0.15, -0.1) is 0 Å². The minimum atomic E-state index is -3.93. The molecule has 11 heteroatoms. The Morgan fingerprint density at radius 2 is 2.00 bits per heavy atom. The van der Waals surface area contributed by atoms with E-state index in [1.54, 1.807) is 0 Å². The zero-order chi connectivity index (χ0) is 19.4. The number of ether oxygens (including phenoxy) is 2. The normalized spacial score (nSPS) is 19.5. The monoisotopic (exact) mass is 399 g/mol. The topological polar surface area (TPSA) is 98.7 Å². The lowest BCUT2D eigenvalue weighted by molar-refractivity contribution is -0.0802. The van der Waals surface area contributed by atoms with E-state index in [2.05, 4.69) is 10.0 Å². The van der Waals surface area contributed by atoms with Crippen molar-refractivity contribution in [1.82, 2.24) is 9.29 Å².